The zero-order valence-corrected chi connectivity index (χ0v) is 31.9. The normalized spacial score (nSPS) is 12.1. The van der Waals surface area contributed by atoms with Crippen LogP contribution in [-0.4, -0.2) is 26.2 Å². The molecule has 12 heteroatoms. The lowest BCUT2D eigenvalue weighted by Crippen LogP contribution is -2.12. The molecule has 12 aromatic rings. The van der Waals surface area contributed by atoms with E-state index in [1.807, 2.05) is 34.8 Å². The molecule has 0 radical (unpaired) electrons. The second-order valence-corrected chi connectivity index (χ2v) is 16.8. The van der Waals surface area contributed by atoms with E-state index in [2.05, 4.69) is 125 Å². The van der Waals surface area contributed by atoms with E-state index in [9.17, 15) is 0 Å². The Morgan fingerprint density at radius 1 is 0.352 bits per heavy atom. The van der Waals surface area contributed by atoms with Gasteiger partial charge in [-0.1, -0.05) is 54.6 Å². The summed E-state index contributed by atoms with van der Waals surface area (Å²) < 4.78 is 34.2. The summed E-state index contributed by atoms with van der Waals surface area (Å²) in [7, 11) is 0. The van der Waals surface area contributed by atoms with Gasteiger partial charge in [-0.2, -0.15) is 26.2 Å². The molecular formula is C42H21N7S5. The van der Waals surface area contributed by atoms with E-state index in [0.29, 0.717) is 0 Å². The van der Waals surface area contributed by atoms with Crippen molar-refractivity contribution in [3.05, 3.63) is 127 Å². The Morgan fingerprint density at radius 2 is 0.833 bits per heavy atom. The highest BCUT2D eigenvalue weighted by atomic mass is 32.1. The summed E-state index contributed by atoms with van der Waals surface area (Å²) in [6, 6.07) is 45.4. The largest absolute Gasteiger partial charge is 0.304 e. The van der Waals surface area contributed by atoms with Crippen LogP contribution in [0.2, 0.25) is 0 Å². The average molecular weight is 784 g/mol. The molecule has 0 saturated carbocycles. The van der Waals surface area contributed by atoms with Gasteiger partial charge in [-0.15, -0.1) is 22.7 Å². The number of anilines is 3. The highest BCUT2D eigenvalue weighted by Crippen LogP contribution is 2.47. The van der Waals surface area contributed by atoms with E-state index in [1.54, 1.807) is 0 Å². The standard InChI is InChI=1S/C42H21N7S5/c1-3-10-34-26(6-1)28-20-22(12-18-36(28)50-34)24-14-16-32(41-38(24)44-53-47-41)49(31-9-5-8-30-40(31)46-52-43-30)33-17-15-25(39-42(33)48-54-45-39)23-13-19-37-29(21-23)27-7-2-4-11-35(27)51-37/h1-21H. The number of aromatic nitrogens is 6. The molecule has 0 atom stereocenters. The Labute approximate surface area is 327 Å². The summed E-state index contributed by atoms with van der Waals surface area (Å²) in [4.78, 5) is 2.22. The molecule has 7 nitrogen and oxygen atoms in total. The first-order chi connectivity index (χ1) is 26.8. The minimum absolute atomic E-state index is 0.808. The van der Waals surface area contributed by atoms with Crippen LogP contribution in [0.4, 0.5) is 17.1 Å². The van der Waals surface area contributed by atoms with Crippen LogP contribution >= 0.6 is 57.9 Å². The van der Waals surface area contributed by atoms with Crippen LogP contribution in [0.5, 0.6) is 0 Å². The van der Waals surface area contributed by atoms with Crippen LogP contribution in [0.25, 0.3) is 95.7 Å². The maximum atomic E-state index is 4.95. The van der Waals surface area contributed by atoms with Gasteiger partial charge < -0.3 is 4.90 Å². The Hall–Kier alpha value is -5.76. The number of benzene rings is 7. The van der Waals surface area contributed by atoms with Crippen molar-refractivity contribution in [2.45, 2.75) is 0 Å². The third kappa shape index (κ3) is 4.55. The van der Waals surface area contributed by atoms with Crippen molar-refractivity contribution in [3.8, 4) is 22.3 Å². The number of thiophene rings is 2. The Morgan fingerprint density at radius 3 is 1.43 bits per heavy atom. The van der Waals surface area contributed by atoms with Gasteiger partial charge in [0.1, 0.15) is 33.1 Å². The fraction of sp³-hybridized carbons (Fsp3) is 0. The summed E-state index contributed by atoms with van der Waals surface area (Å²) in [5.41, 5.74) is 11.9. The molecule has 5 aromatic heterocycles. The van der Waals surface area contributed by atoms with Crippen molar-refractivity contribution in [3.63, 3.8) is 0 Å². The monoisotopic (exact) mass is 783 g/mol. The fourth-order valence-corrected chi connectivity index (χ4v) is 11.5. The van der Waals surface area contributed by atoms with Gasteiger partial charge in [-0.25, -0.2) is 0 Å². The maximum absolute atomic E-state index is 4.95. The molecule has 0 aliphatic heterocycles. The molecule has 0 saturated heterocycles. The smallest absolute Gasteiger partial charge is 0.129 e. The summed E-state index contributed by atoms with van der Waals surface area (Å²) in [6.07, 6.45) is 0. The van der Waals surface area contributed by atoms with Gasteiger partial charge >= 0.3 is 0 Å². The molecule has 0 unspecified atom stereocenters. The van der Waals surface area contributed by atoms with Crippen molar-refractivity contribution in [2.24, 2.45) is 0 Å². The van der Waals surface area contributed by atoms with E-state index in [-0.39, 0.29) is 0 Å². The lowest BCUT2D eigenvalue weighted by atomic mass is 9.99. The van der Waals surface area contributed by atoms with Crippen LogP contribution in [0.3, 0.4) is 0 Å². The zero-order chi connectivity index (χ0) is 35.3. The summed E-state index contributed by atoms with van der Waals surface area (Å²) in [5.74, 6) is 0. The SMILES string of the molecule is c1cc(N(c2ccc(-c3ccc4sc5ccccc5c4c3)c3nsnc23)c2ccc(-c3ccc4sc5ccccc5c4c3)c3nsnc23)c2nsnc2c1. The predicted octanol–water partition coefficient (Wildman–Crippen LogP) is 13.2. The molecule has 0 aliphatic carbocycles. The predicted molar refractivity (Wildman–Crippen MR) is 231 cm³/mol. The van der Waals surface area contributed by atoms with Crippen LogP contribution in [0.15, 0.2) is 127 Å². The fourth-order valence-electron chi connectivity index (χ4n) is 7.68. The number of hydrogen-bond acceptors (Lipinski definition) is 12. The molecule has 7 aromatic carbocycles. The first-order valence-electron chi connectivity index (χ1n) is 17.1. The zero-order valence-electron chi connectivity index (χ0n) is 27.8. The minimum atomic E-state index is 0.808. The minimum Gasteiger partial charge on any atom is -0.304 e. The second kappa shape index (κ2) is 11.9. The lowest BCUT2D eigenvalue weighted by Gasteiger charge is -2.26. The number of hydrogen-bond donors (Lipinski definition) is 0. The van der Waals surface area contributed by atoms with Crippen molar-refractivity contribution >= 4 is 148 Å². The molecular weight excluding hydrogens is 763 g/mol. The number of nitrogens with zero attached hydrogens (tertiary/aromatic N) is 7. The Kier molecular flexibility index (Phi) is 6.74. The van der Waals surface area contributed by atoms with E-state index in [4.69, 9.17) is 21.9 Å². The van der Waals surface area contributed by atoms with Crippen LogP contribution in [0.1, 0.15) is 0 Å². The summed E-state index contributed by atoms with van der Waals surface area (Å²) in [5, 5.41) is 5.05. The van der Waals surface area contributed by atoms with Gasteiger partial charge in [-0.05, 0) is 83.9 Å². The van der Waals surface area contributed by atoms with Gasteiger partial charge in [-0.3, -0.25) is 0 Å². The molecule has 0 spiro atoms. The van der Waals surface area contributed by atoms with Gasteiger partial charge in [0, 0.05) is 51.5 Å². The average Bonchev–Trinajstić information content (AvgIpc) is 4.07. The van der Waals surface area contributed by atoms with Crippen LogP contribution in [0, 0.1) is 0 Å². The van der Waals surface area contributed by atoms with E-state index in [1.165, 1.54) is 75.5 Å². The number of fused-ring (bicyclic) bond motifs is 9. The maximum Gasteiger partial charge on any atom is 0.129 e. The molecule has 254 valence electrons. The van der Waals surface area contributed by atoms with Crippen LogP contribution < -0.4 is 4.90 Å². The van der Waals surface area contributed by atoms with Crippen molar-refractivity contribution in [1.82, 2.24) is 26.2 Å². The van der Waals surface area contributed by atoms with Gasteiger partial charge in [0.25, 0.3) is 0 Å². The van der Waals surface area contributed by atoms with Gasteiger partial charge in [0.2, 0.25) is 0 Å². The third-order valence-corrected chi connectivity index (χ3v) is 14.1. The molecule has 0 fully saturated rings. The summed E-state index contributed by atoms with van der Waals surface area (Å²) >= 11 is 7.32. The molecule has 5 heterocycles. The molecule has 0 aliphatic rings. The van der Waals surface area contributed by atoms with E-state index >= 15 is 0 Å². The Bertz CT molecular complexity index is 3250. The highest BCUT2D eigenvalue weighted by molar-refractivity contribution is 7.26. The van der Waals surface area contributed by atoms with E-state index < -0.39 is 0 Å². The van der Waals surface area contributed by atoms with Gasteiger partial charge in [0.15, 0.2) is 0 Å². The van der Waals surface area contributed by atoms with Crippen molar-refractivity contribution in [2.75, 3.05) is 4.90 Å². The first-order valence-corrected chi connectivity index (χ1v) is 20.9. The summed E-state index contributed by atoms with van der Waals surface area (Å²) in [6.45, 7) is 0. The second-order valence-electron chi connectivity index (χ2n) is 13.1. The van der Waals surface area contributed by atoms with Crippen LogP contribution in [-0.2, 0) is 0 Å². The lowest BCUT2D eigenvalue weighted by molar-refractivity contribution is 1.31. The molecule has 12 rings (SSSR count). The number of rotatable bonds is 5. The molecule has 0 amide bonds. The topological polar surface area (TPSA) is 80.6 Å². The molecule has 54 heavy (non-hydrogen) atoms. The van der Waals surface area contributed by atoms with Crippen molar-refractivity contribution in [1.29, 1.82) is 0 Å². The molecule has 0 bridgehead atoms. The van der Waals surface area contributed by atoms with Crippen molar-refractivity contribution < 1.29 is 0 Å². The van der Waals surface area contributed by atoms with Gasteiger partial charge in [0.05, 0.1) is 52.2 Å². The first kappa shape index (κ1) is 30.7. The quantitative estimate of drug-likeness (QED) is 0.172. The van der Waals surface area contributed by atoms with E-state index in [0.717, 1.165) is 72.4 Å². The Balaban J connectivity index is 1.06. The third-order valence-electron chi connectivity index (χ3n) is 10.2. The molecule has 0 N–H and O–H groups in total. The highest BCUT2D eigenvalue weighted by Gasteiger charge is 2.26.